The fraction of sp³-hybridized carbons (Fsp3) is 0.571. The highest BCUT2D eigenvalue weighted by Gasteiger charge is 2.04. The summed E-state index contributed by atoms with van der Waals surface area (Å²) < 4.78 is 13.0. The summed E-state index contributed by atoms with van der Waals surface area (Å²) in [5, 5.41) is 0. The van der Waals surface area contributed by atoms with Crippen LogP contribution in [0, 0.1) is 5.82 Å². The fourth-order valence-corrected chi connectivity index (χ4v) is 1.88. The Balaban J connectivity index is 2.36. The minimum Gasteiger partial charge on any atom is -0.303 e. The van der Waals surface area contributed by atoms with Crippen molar-refractivity contribution in [2.75, 3.05) is 33.2 Å². The Hall–Kier alpha value is -0.930. The Bertz CT molecular complexity index is 324. The monoisotopic (exact) mass is 238 g/mol. The third kappa shape index (κ3) is 5.29. The van der Waals surface area contributed by atoms with Crippen LogP contribution in [0.5, 0.6) is 0 Å². The number of hydrogen-bond acceptors (Lipinski definition) is 2. The van der Waals surface area contributed by atoms with Crippen molar-refractivity contribution in [1.29, 1.82) is 0 Å². The van der Waals surface area contributed by atoms with Crippen LogP contribution >= 0.6 is 0 Å². The van der Waals surface area contributed by atoms with E-state index in [-0.39, 0.29) is 5.82 Å². The molecule has 0 heterocycles. The van der Waals surface area contributed by atoms with Gasteiger partial charge in [0, 0.05) is 19.6 Å². The lowest BCUT2D eigenvalue weighted by molar-refractivity contribution is 0.236. The molecule has 0 atom stereocenters. The molecular weight excluding hydrogens is 215 g/mol. The molecule has 0 unspecified atom stereocenters. The summed E-state index contributed by atoms with van der Waals surface area (Å²) in [6, 6.07) is 6.83. The molecule has 0 amide bonds. The van der Waals surface area contributed by atoms with Crippen LogP contribution < -0.4 is 0 Å². The van der Waals surface area contributed by atoms with Gasteiger partial charge >= 0.3 is 0 Å². The molecule has 17 heavy (non-hydrogen) atoms. The lowest BCUT2D eigenvalue weighted by Gasteiger charge is -2.23. The highest BCUT2D eigenvalue weighted by Crippen LogP contribution is 2.06. The van der Waals surface area contributed by atoms with E-state index in [0.29, 0.717) is 0 Å². The summed E-state index contributed by atoms with van der Waals surface area (Å²) in [4.78, 5) is 4.62. The van der Waals surface area contributed by atoms with E-state index in [4.69, 9.17) is 0 Å². The first-order chi connectivity index (χ1) is 8.15. The number of likely N-dealkylation sites (N-methyl/N-ethyl adjacent to an activating group) is 2. The van der Waals surface area contributed by atoms with Crippen LogP contribution in [0.4, 0.5) is 4.39 Å². The summed E-state index contributed by atoms with van der Waals surface area (Å²) in [5.41, 5.74) is 1.03. The van der Waals surface area contributed by atoms with Gasteiger partial charge in [-0.1, -0.05) is 26.0 Å². The zero-order valence-corrected chi connectivity index (χ0v) is 11.1. The van der Waals surface area contributed by atoms with Gasteiger partial charge in [0.05, 0.1) is 0 Å². The summed E-state index contributed by atoms with van der Waals surface area (Å²) >= 11 is 0. The zero-order chi connectivity index (χ0) is 12.7. The van der Waals surface area contributed by atoms with E-state index >= 15 is 0 Å². The normalized spacial score (nSPS) is 11.4. The third-order valence-corrected chi connectivity index (χ3v) is 3.03. The number of nitrogens with zero attached hydrogens (tertiary/aromatic N) is 2. The van der Waals surface area contributed by atoms with E-state index in [1.807, 2.05) is 6.07 Å². The summed E-state index contributed by atoms with van der Waals surface area (Å²) in [6.07, 6.45) is 0. The molecule has 2 nitrogen and oxygen atoms in total. The van der Waals surface area contributed by atoms with Gasteiger partial charge in [0.25, 0.3) is 0 Å². The smallest absolute Gasteiger partial charge is 0.123 e. The maximum atomic E-state index is 13.0. The van der Waals surface area contributed by atoms with Crippen molar-refractivity contribution >= 4 is 0 Å². The van der Waals surface area contributed by atoms with Crippen LogP contribution in [-0.4, -0.2) is 43.0 Å². The summed E-state index contributed by atoms with van der Waals surface area (Å²) in [6.45, 7) is 9.41. The molecule has 0 bridgehead atoms. The molecule has 0 saturated heterocycles. The van der Waals surface area contributed by atoms with Crippen LogP contribution in [0.1, 0.15) is 19.4 Å². The largest absolute Gasteiger partial charge is 0.303 e. The molecule has 96 valence electrons. The number of halogens is 1. The highest BCUT2D eigenvalue weighted by molar-refractivity contribution is 5.15. The van der Waals surface area contributed by atoms with Crippen molar-refractivity contribution in [3.8, 4) is 0 Å². The van der Waals surface area contributed by atoms with Crippen LogP contribution in [-0.2, 0) is 6.54 Å². The topological polar surface area (TPSA) is 6.48 Å². The molecule has 0 fully saturated rings. The van der Waals surface area contributed by atoms with E-state index in [2.05, 4.69) is 30.7 Å². The van der Waals surface area contributed by atoms with E-state index in [1.165, 1.54) is 6.07 Å². The molecular formula is C14H23FN2. The van der Waals surface area contributed by atoms with Crippen LogP contribution in [0.25, 0.3) is 0 Å². The van der Waals surface area contributed by atoms with E-state index in [0.717, 1.165) is 38.3 Å². The van der Waals surface area contributed by atoms with Crippen molar-refractivity contribution in [3.05, 3.63) is 35.6 Å². The number of hydrogen-bond donors (Lipinski definition) is 0. The molecule has 0 aliphatic rings. The van der Waals surface area contributed by atoms with Crippen molar-refractivity contribution in [2.24, 2.45) is 0 Å². The summed E-state index contributed by atoms with van der Waals surface area (Å²) in [7, 11) is 2.08. The predicted molar refractivity (Wildman–Crippen MR) is 70.5 cm³/mol. The van der Waals surface area contributed by atoms with Gasteiger partial charge in [-0.3, -0.25) is 0 Å². The molecule has 0 aliphatic carbocycles. The van der Waals surface area contributed by atoms with Gasteiger partial charge in [-0.15, -0.1) is 0 Å². The van der Waals surface area contributed by atoms with Crippen LogP contribution in [0.3, 0.4) is 0 Å². The fourth-order valence-electron chi connectivity index (χ4n) is 1.88. The average Bonchev–Trinajstić information content (AvgIpc) is 2.30. The molecule has 0 saturated carbocycles. The first-order valence-electron chi connectivity index (χ1n) is 6.31. The van der Waals surface area contributed by atoms with Gasteiger partial charge in [-0.25, -0.2) is 4.39 Å². The number of rotatable bonds is 7. The molecule has 0 aromatic heterocycles. The average molecular weight is 238 g/mol. The lowest BCUT2D eigenvalue weighted by Crippen LogP contribution is -2.32. The molecule has 0 N–H and O–H groups in total. The second kappa shape index (κ2) is 7.41. The first-order valence-corrected chi connectivity index (χ1v) is 6.31. The van der Waals surface area contributed by atoms with Crippen molar-refractivity contribution < 1.29 is 4.39 Å². The molecule has 1 aromatic carbocycles. The molecule has 0 aliphatic heterocycles. The molecule has 0 spiro atoms. The second-order valence-electron chi connectivity index (χ2n) is 4.39. The van der Waals surface area contributed by atoms with Gasteiger partial charge in [-0.05, 0) is 37.8 Å². The molecule has 3 heteroatoms. The SMILES string of the molecule is CCN(CC)CCN(C)Cc1cccc(F)c1. The lowest BCUT2D eigenvalue weighted by atomic mass is 10.2. The Labute approximate surface area is 104 Å². The van der Waals surface area contributed by atoms with E-state index in [9.17, 15) is 4.39 Å². The van der Waals surface area contributed by atoms with Gasteiger partial charge < -0.3 is 9.80 Å². The first kappa shape index (κ1) is 14.1. The van der Waals surface area contributed by atoms with Crippen LogP contribution in [0.2, 0.25) is 0 Å². The summed E-state index contributed by atoms with van der Waals surface area (Å²) in [5.74, 6) is -0.153. The van der Waals surface area contributed by atoms with Gasteiger partial charge in [-0.2, -0.15) is 0 Å². The molecule has 1 aromatic rings. The second-order valence-corrected chi connectivity index (χ2v) is 4.39. The quantitative estimate of drug-likeness (QED) is 0.720. The van der Waals surface area contributed by atoms with Crippen LogP contribution in [0.15, 0.2) is 24.3 Å². The maximum Gasteiger partial charge on any atom is 0.123 e. The molecule has 1 rings (SSSR count). The van der Waals surface area contributed by atoms with E-state index < -0.39 is 0 Å². The zero-order valence-electron chi connectivity index (χ0n) is 11.1. The van der Waals surface area contributed by atoms with E-state index in [1.54, 1.807) is 12.1 Å². The Morgan fingerprint density at radius 3 is 2.41 bits per heavy atom. The predicted octanol–water partition coefficient (Wildman–Crippen LogP) is 2.60. The van der Waals surface area contributed by atoms with Gasteiger partial charge in [0.1, 0.15) is 5.82 Å². The van der Waals surface area contributed by atoms with Crippen molar-refractivity contribution in [2.45, 2.75) is 20.4 Å². The highest BCUT2D eigenvalue weighted by atomic mass is 19.1. The Morgan fingerprint density at radius 2 is 1.82 bits per heavy atom. The minimum atomic E-state index is -0.153. The third-order valence-electron chi connectivity index (χ3n) is 3.03. The van der Waals surface area contributed by atoms with Gasteiger partial charge in [0.2, 0.25) is 0 Å². The maximum absolute atomic E-state index is 13.0. The Morgan fingerprint density at radius 1 is 1.12 bits per heavy atom. The van der Waals surface area contributed by atoms with Crippen molar-refractivity contribution in [3.63, 3.8) is 0 Å². The van der Waals surface area contributed by atoms with Gasteiger partial charge in [0.15, 0.2) is 0 Å². The van der Waals surface area contributed by atoms with Crippen molar-refractivity contribution in [1.82, 2.24) is 9.80 Å². The minimum absolute atomic E-state index is 0.153. The standard InChI is InChI=1S/C14H23FN2/c1-4-17(5-2)10-9-16(3)12-13-7-6-8-14(15)11-13/h6-8,11H,4-5,9-10,12H2,1-3H3. The number of benzene rings is 1. The molecule has 0 radical (unpaired) electrons. The Kier molecular flexibility index (Phi) is 6.16.